The molecule has 138 valence electrons. The number of aromatic nitrogens is 4. The van der Waals surface area contributed by atoms with E-state index in [0.717, 1.165) is 47.5 Å². The number of fused-ring (bicyclic) bond motifs is 1. The van der Waals surface area contributed by atoms with Gasteiger partial charge in [-0.1, -0.05) is 22.9 Å². The van der Waals surface area contributed by atoms with Gasteiger partial charge in [0.1, 0.15) is 0 Å². The summed E-state index contributed by atoms with van der Waals surface area (Å²) in [4.78, 5) is 19.4. The standard InChI is InChI=1S/C20H21N5O2/c1-12-4-3-5-14(10-12)20(26)25-9-8-16-15(11-25)17(22-24(16)2)19-21-18(23-27-19)13-6-7-13/h3-5,10,13H,6-9,11H2,1-2H3. The number of benzene rings is 1. The van der Waals surface area contributed by atoms with Crippen molar-refractivity contribution in [2.75, 3.05) is 6.54 Å². The Hall–Kier alpha value is -2.96. The van der Waals surface area contributed by atoms with Crippen LogP contribution in [0, 0.1) is 6.92 Å². The maximum Gasteiger partial charge on any atom is 0.278 e. The Morgan fingerprint density at radius 3 is 2.93 bits per heavy atom. The Balaban J connectivity index is 1.46. The van der Waals surface area contributed by atoms with Crippen LogP contribution in [-0.2, 0) is 20.0 Å². The van der Waals surface area contributed by atoms with Crippen LogP contribution in [0.3, 0.4) is 0 Å². The molecule has 1 aliphatic heterocycles. The Labute approximate surface area is 157 Å². The SMILES string of the molecule is Cc1cccc(C(=O)N2CCc3c(c(-c4nc(C5CC5)no4)nn3C)C2)c1. The highest BCUT2D eigenvalue weighted by Crippen LogP contribution is 2.39. The van der Waals surface area contributed by atoms with Gasteiger partial charge in [-0.2, -0.15) is 10.1 Å². The van der Waals surface area contributed by atoms with Gasteiger partial charge in [0.25, 0.3) is 11.8 Å². The predicted octanol–water partition coefficient (Wildman–Crippen LogP) is 2.85. The lowest BCUT2D eigenvalue weighted by atomic mass is 10.0. The van der Waals surface area contributed by atoms with Crippen LogP contribution in [0.5, 0.6) is 0 Å². The van der Waals surface area contributed by atoms with Crippen LogP contribution < -0.4 is 0 Å². The van der Waals surface area contributed by atoms with Crippen LogP contribution in [0.4, 0.5) is 0 Å². The summed E-state index contributed by atoms with van der Waals surface area (Å²) in [5.74, 6) is 1.70. The van der Waals surface area contributed by atoms with Gasteiger partial charge in [-0.15, -0.1) is 0 Å². The summed E-state index contributed by atoms with van der Waals surface area (Å²) in [6.07, 6.45) is 3.01. The fraction of sp³-hybridized carbons (Fsp3) is 0.400. The summed E-state index contributed by atoms with van der Waals surface area (Å²) in [7, 11) is 1.93. The van der Waals surface area contributed by atoms with E-state index in [9.17, 15) is 4.79 Å². The summed E-state index contributed by atoms with van der Waals surface area (Å²) >= 11 is 0. The van der Waals surface area contributed by atoms with Crippen molar-refractivity contribution in [2.45, 2.75) is 38.6 Å². The molecule has 7 heteroatoms. The van der Waals surface area contributed by atoms with Crippen LogP contribution in [0.2, 0.25) is 0 Å². The lowest BCUT2D eigenvalue weighted by Gasteiger charge is -2.27. The zero-order valence-corrected chi connectivity index (χ0v) is 15.5. The molecule has 0 saturated heterocycles. The summed E-state index contributed by atoms with van der Waals surface area (Å²) in [6.45, 7) is 3.18. The summed E-state index contributed by atoms with van der Waals surface area (Å²) < 4.78 is 7.36. The van der Waals surface area contributed by atoms with Crippen molar-refractivity contribution in [1.29, 1.82) is 0 Å². The van der Waals surface area contributed by atoms with Crippen LogP contribution in [0.1, 0.15) is 51.8 Å². The Morgan fingerprint density at radius 2 is 2.15 bits per heavy atom. The van der Waals surface area contributed by atoms with Crippen LogP contribution in [0.15, 0.2) is 28.8 Å². The first-order chi connectivity index (χ1) is 13.1. The van der Waals surface area contributed by atoms with Gasteiger partial charge in [0, 0.05) is 42.8 Å². The number of rotatable bonds is 3. The van der Waals surface area contributed by atoms with E-state index in [1.807, 2.05) is 47.8 Å². The molecule has 0 atom stereocenters. The molecule has 1 aliphatic carbocycles. The number of aryl methyl sites for hydroxylation is 2. The van der Waals surface area contributed by atoms with E-state index in [-0.39, 0.29) is 5.91 Å². The van der Waals surface area contributed by atoms with Crippen molar-refractivity contribution in [1.82, 2.24) is 24.8 Å². The average Bonchev–Trinajstić information content (AvgIpc) is 3.32. The molecule has 1 aromatic carbocycles. The Morgan fingerprint density at radius 1 is 1.30 bits per heavy atom. The minimum atomic E-state index is 0.0448. The van der Waals surface area contributed by atoms with Crippen molar-refractivity contribution < 1.29 is 9.32 Å². The molecular weight excluding hydrogens is 342 g/mol. The first-order valence-electron chi connectivity index (χ1n) is 9.35. The number of nitrogens with zero attached hydrogens (tertiary/aromatic N) is 5. The van der Waals surface area contributed by atoms with Gasteiger partial charge in [0.2, 0.25) is 0 Å². The molecule has 2 aliphatic rings. The van der Waals surface area contributed by atoms with E-state index < -0.39 is 0 Å². The molecule has 3 heterocycles. The molecule has 1 saturated carbocycles. The van der Waals surface area contributed by atoms with Gasteiger partial charge in [0.05, 0.1) is 6.54 Å². The molecular formula is C20H21N5O2. The summed E-state index contributed by atoms with van der Waals surface area (Å²) in [5.41, 5.74) is 4.64. The topological polar surface area (TPSA) is 77.1 Å². The highest BCUT2D eigenvalue weighted by Gasteiger charge is 2.32. The molecule has 0 radical (unpaired) electrons. The van der Waals surface area contributed by atoms with Crippen molar-refractivity contribution in [3.05, 3.63) is 52.5 Å². The Kier molecular flexibility index (Phi) is 3.63. The van der Waals surface area contributed by atoms with Gasteiger partial charge < -0.3 is 9.42 Å². The molecule has 27 heavy (non-hydrogen) atoms. The minimum absolute atomic E-state index is 0.0448. The third-order valence-corrected chi connectivity index (χ3v) is 5.38. The molecule has 5 rings (SSSR count). The Bertz CT molecular complexity index is 1030. The molecule has 1 amide bonds. The molecule has 3 aromatic rings. The quantitative estimate of drug-likeness (QED) is 0.715. The van der Waals surface area contributed by atoms with Gasteiger partial charge in [-0.25, -0.2) is 0 Å². The van der Waals surface area contributed by atoms with E-state index in [4.69, 9.17) is 4.52 Å². The van der Waals surface area contributed by atoms with Crippen molar-refractivity contribution in [3.8, 4) is 11.6 Å². The number of amides is 1. The van der Waals surface area contributed by atoms with Crippen molar-refractivity contribution in [3.63, 3.8) is 0 Å². The predicted molar refractivity (Wildman–Crippen MR) is 98.1 cm³/mol. The van der Waals surface area contributed by atoms with E-state index in [0.29, 0.717) is 30.6 Å². The number of hydrogen-bond donors (Lipinski definition) is 0. The minimum Gasteiger partial charge on any atom is -0.334 e. The van der Waals surface area contributed by atoms with Crippen LogP contribution >= 0.6 is 0 Å². The highest BCUT2D eigenvalue weighted by atomic mass is 16.5. The lowest BCUT2D eigenvalue weighted by molar-refractivity contribution is 0.0733. The third kappa shape index (κ3) is 2.83. The number of carbonyl (C=O) groups is 1. The monoisotopic (exact) mass is 363 g/mol. The molecule has 0 unspecified atom stereocenters. The van der Waals surface area contributed by atoms with E-state index in [1.54, 1.807) is 0 Å². The second kappa shape index (κ2) is 6.04. The second-order valence-electron chi connectivity index (χ2n) is 7.48. The van der Waals surface area contributed by atoms with E-state index >= 15 is 0 Å². The van der Waals surface area contributed by atoms with Crippen LogP contribution in [-0.4, -0.2) is 37.3 Å². The second-order valence-corrected chi connectivity index (χ2v) is 7.48. The molecule has 0 N–H and O–H groups in total. The van der Waals surface area contributed by atoms with Gasteiger partial charge >= 0.3 is 0 Å². The smallest absolute Gasteiger partial charge is 0.278 e. The number of hydrogen-bond acceptors (Lipinski definition) is 5. The maximum atomic E-state index is 13.0. The molecule has 0 bridgehead atoms. The van der Waals surface area contributed by atoms with Gasteiger partial charge in [-0.05, 0) is 31.9 Å². The van der Waals surface area contributed by atoms with Gasteiger partial charge in [-0.3, -0.25) is 9.48 Å². The summed E-state index contributed by atoms with van der Waals surface area (Å²) in [5, 5.41) is 8.73. The normalized spacial score (nSPS) is 16.4. The van der Waals surface area contributed by atoms with Gasteiger partial charge in [0.15, 0.2) is 11.5 Å². The lowest BCUT2D eigenvalue weighted by Crippen LogP contribution is -2.36. The molecule has 7 nitrogen and oxygen atoms in total. The van der Waals surface area contributed by atoms with Crippen molar-refractivity contribution in [2.24, 2.45) is 7.05 Å². The zero-order valence-electron chi connectivity index (χ0n) is 15.5. The first-order valence-corrected chi connectivity index (χ1v) is 9.35. The summed E-state index contributed by atoms with van der Waals surface area (Å²) in [6, 6.07) is 7.72. The van der Waals surface area contributed by atoms with E-state index in [1.165, 1.54) is 0 Å². The first kappa shape index (κ1) is 16.2. The third-order valence-electron chi connectivity index (χ3n) is 5.38. The molecule has 0 spiro atoms. The maximum absolute atomic E-state index is 13.0. The molecule has 2 aromatic heterocycles. The average molecular weight is 363 g/mol. The van der Waals surface area contributed by atoms with E-state index in [2.05, 4.69) is 15.2 Å². The highest BCUT2D eigenvalue weighted by molar-refractivity contribution is 5.94. The number of carbonyl (C=O) groups excluding carboxylic acids is 1. The fourth-order valence-corrected chi connectivity index (χ4v) is 3.74. The molecule has 1 fully saturated rings. The largest absolute Gasteiger partial charge is 0.334 e. The van der Waals surface area contributed by atoms with Crippen LogP contribution in [0.25, 0.3) is 11.6 Å². The van der Waals surface area contributed by atoms with Crippen molar-refractivity contribution >= 4 is 5.91 Å². The zero-order chi connectivity index (χ0) is 18.5. The fourth-order valence-electron chi connectivity index (χ4n) is 3.74.